The van der Waals surface area contributed by atoms with Gasteiger partial charge in [-0.3, -0.25) is 9.59 Å². The highest BCUT2D eigenvalue weighted by Gasteiger charge is 2.55. The van der Waals surface area contributed by atoms with E-state index in [9.17, 15) is 24.9 Å². The minimum atomic E-state index is -1.91. The summed E-state index contributed by atoms with van der Waals surface area (Å²) in [6.45, 7) is 4.78. The molecule has 0 aliphatic carbocycles. The van der Waals surface area contributed by atoms with E-state index in [0.29, 0.717) is 5.56 Å². The number of carbonyl (C=O) groups is 2. The van der Waals surface area contributed by atoms with E-state index < -0.39 is 22.8 Å². The van der Waals surface area contributed by atoms with Gasteiger partial charge in [0.1, 0.15) is 5.75 Å². The SMILES string of the molecule is CC(C)(C)C(Cc1ccc(O)cc1)(C(=O)O)C(=O)O. The van der Waals surface area contributed by atoms with Crippen molar-refractivity contribution < 1.29 is 24.9 Å². The van der Waals surface area contributed by atoms with Crippen LogP contribution in [0.4, 0.5) is 0 Å². The van der Waals surface area contributed by atoms with Crippen molar-refractivity contribution in [3.05, 3.63) is 29.8 Å². The Labute approximate surface area is 111 Å². The van der Waals surface area contributed by atoms with Crippen LogP contribution in [-0.2, 0) is 16.0 Å². The number of hydrogen-bond acceptors (Lipinski definition) is 3. The standard InChI is InChI=1S/C14H18O5/c1-13(2,3)14(11(16)17,12(18)19)8-9-4-6-10(15)7-5-9/h4-7,15H,8H2,1-3H3,(H,16,17)(H,18,19). The van der Waals surface area contributed by atoms with Crippen LogP contribution in [0.5, 0.6) is 5.75 Å². The molecule has 1 aromatic carbocycles. The summed E-state index contributed by atoms with van der Waals surface area (Å²) in [4.78, 5) is 23.1. The van der Waals surface area contributed by atoms with Gasteiger partial charge < -0.3 is 15.3 Å². The van der Waals surface area contributed by atoms with Crippen LogP contribution in [0, 0.1) is 10.8 Å². The Bertz CT molecular complexity index is 468. The Kier molecular flexibility index (Phi) is 3.88. The van der Waals surface area contributed by atoms with E-state index >= 15 is 0 Å². The molecule has 104 valence electrons. The van der Waals surface area contributed by atoms with Crippen LogP contribution in [0.15, 0.2) is 24.3 Å². The van der Waals surface area contributed by atoms with Gasteiger partial charge in [0.25, 0.3) is 0 Å². The summed E-state index contributed by atoms with van der Waals surface area (Å²) in [5, 5.41) is 28.0. The lowest BCUT2D eigenvalue weighted by molar-refractivity contribution is -0.173. The number of phenols is 1. The van der Waals surface area contributed by atoms with E-state index in [2.05, 4.69) is 0 Å². The van der Waals surface area contributed by atoms with Crippen LogP contribution in [0.3, 0.4) is 0 Å². The predicted octanol–water partition coefficient (Wildman–Crippen LogP) is 2.14. The zero-order chi connectivity index (χ0) is 14.8. The van der Waals surface area contributed by atoms with Crippen LogP contribution >= 0.6 is 0 Å². The monoisotopic (exact) mass is 266 g/mol. The third kappa shape index (κ3) is 2.70. The summed E-state index contributed by atoms with van der Waals surface area (Å²) >= 11 is 0. The molecule has 0 bridgehead atoms. The third-order valence-corrected chi connectivity index (χ3v) is 3.42. The average Bonchev–Trinajstić information content (AvgIpc) is 2.25. The molecule has 0 aromatic heterocycles. The molecular weight excluding hydrogens is 248 g/mol. The Morgan fingerprint density at radius 3 is 1.74 bits per heavy atom. The van der Waals surface area contributed by atoms with Gasteiger partial charge in [0.2, 0.25) is 0 Å². The van der Waals surface area contributed by atoms with Crippen molar-refractivity contribution in [3.8, 4) is 5.75 Å². The highest BCUT2D eigenvalue weighted by atomic mass is 16.4. The molecule has 5 heteroatoms. The molecule has 0 aliphatic heterocycles. The van der Waals surface area contributed by atoms with E-state index in [1.807, 2.05) is 0 Å². The fourth-order valence-corrected chi connectivity index (χ4v) is 2.07. The van der Waals surface area contributed by atoms with Gasteiger partial charge in [0.05, 0.1) is 0 Å². The second kappa shape index (κ2) is 4.91. The van der Waals surface area contributed by atoms with Crippen molar-refractivity contribution in [1.82, 2.24) is 0 Å². The zero-order valence-electron chi connectivity index (χ0n) is 11.2. The summed E-state index contributed by atoms with van der Waals surface area (Å²) < 4.78 is 0. The van der Waals surface area contributed by atoms with Gasteiger partial charge in [0, 0.05) is 0 Å². The molecule has 0 fully saturated rings. The third-order valence-electron chi connectivity index (χ3n) is 3.42. The van der Waals surface area contributed by atoms with Gasteiger partial charge in [-0.15, -0.1) is 0 Å². The van der Waals surface area contributed by atoms with Gasteiger partial charge in [0.15, 0.2) is 5.41 Å². The lowest BCUT2D eigenvalue weighted by atomic mass is 9.63. The number of phenolic OH excluding ortho intramolecular Hbond substituents is 1. The molecule has 0 amide bonds. The molecule has 0 spiro atoms. The molecule has 0 unspecified atom stereocenters. The molecule has 5 nitrogen and oxygen atoms in total. The van der Waals surface area contributed by atoms with E-state index in [0.717, 1.165) is 0 Å². The molecule has 19 heavy (non-hydrogen) atoms. The lowest BCUT2D eigenvalue weighted by Gasteiger charge is -2.37. The van der Waals surface area contributed by atoms with Crippen molar-refractivity contribution in [2.24, 2.45) is 10.8 Å². The van der Waals surface area contributed by atoms with E-state index in [4.69, 9.17) is 0 Å². The first-order chi connectivity index (χ1) is 8.61. The molecule has 0 atom stereocenters. The summed E-state index contributed by atoms with van der Waals surface area (Å²) in [5.41, 5.74) is -2.32. The first-order valence-corrected chi connectivity index (χ1v) is 5.86. The van der Waals surface area contributed by atoms with Gasteiger partial charge in [-0.25, -0.2) is 0 Å². The quantitative estimate of drug-likeness (QED) is 0.726. The minimum absolute atomic E-state index is 0.0516. The maximum Gasteiger partial charge on any atom is 0.321 e. The first-order valence-electron chi connectivity index (χ1n) is 5.86. The highest BCUT2D eigenvalue weighted by Crippen LogP contribution is 2.42. The maximum atomic E-state index is 11.6. The van der Waals surface area contributed by atoms with E-state index in [1.54, 1.807) is 20.8 Å². The van der Waals surface area contributed by atoms with Crippen molar-refractivity contribution in [2.75, 3.05) is 0 Å². The molecule has 0 heterocycles. The van der Waals surface area contributed by atoms with Crippen molar-refractivity contribution >= 4 is 11.9 Å². The van der Waals surface area contributed by atoms with E-state index in [1.165, 1.54) is 24.3 Å². The molecule has 0 aliphatic rings. The second-order valence-corrected chi connectivity index (χ2v) is 5.61. The lowest BCUT2D eigenvalue weighted by Crippen LogP contribution is -2.51. The molecule has 1 aromatic rings. The van der Waals surface area contributed by atoms with Gasteiger partial charge >= 0.3 is 11.9 Å². The summed E-state index contributed by atoms with van der Waals surface area (Å²) in [5.74, 6) is -2.67. The largest absolute Gasteiger partial charge is 0.508 e. The first kappa shape index (κ1) is 15.0. The number of carboxylic acid groups (broad SMARTS) is 2. The fraction of sp³-hybridized carbons (Fsp3) is 0.429. The average molecular weight is 266 g/mol. The van der Waals surface area contributed by atoms with Crippen LogP contribution < -0.4 is 0 Å². The second-order valence-electron chi connectivity index (χ2n) is 5.61. The number of hydrogen-bond donors (Lipinski definition) is 3. The maximum absolute atomic E-state index is 11.6. The van der Waals surface area contributed by atoms with Gasteiger partial charge in [-0.1, -0.05) is 32.9 Å². The zero-order valence-corrected chi connectivity index (χ0v) is 11.2. The molecular formula is C14H18O5. The number of benzene rings is 1. The van der Waals surface area contributed by atoms with Crippen LogP contribution in [0.25, 0.3) is 0 Å². The number of rotatable bonds is 4. The van der Waals surface area contributed by atoms with Crippen molar-refractivity contribution in [1.29, 1.82) is 0 Å². The predicted molar refractivity (Wildman–Crippen MR) is 69.0 cm³/mol. The van der Waals surface area contributed by atoms with Crippen LogP contribution in [0.1, 0.15) is 26.3 Å². The van der Waals surface area contributed by atoms with Gasteiger partial charge in [-0.05, 0) is 29.5 Å². The highest BCUT2D eigenvalue weighted by molar-refractivity contribution is 5.99. The Hall–Kier alpha value is -2.04. The molecule has 1 rings (SSSR count). The van der Waals surface area contributed by atoms with E-state index in [-0.39, 0.29) is 12.2 Å². The Morgan fingerprint density at radius 2 is 1.42 bits per heavy atom. The molecule has 3 N–H and O–H groups in total. The number of carboxylic acids is 2. The Morgan fingerprint density at radius 1 is 1.00 bits per heavy atom. The molecule has 0 radical (unpaired) electrons. The molecule has 0 saturated carbocycles. The molecule has 0 saturated heterocycles. The minimum Gasteiger partial charge on any atom is -0.508 e. The van der Waals surface area contributed by atoms with Crippen LogP contribution in [0.2, 0.25) is 0 Å². The normalized spacial score (nSPS) is 12.2. The van der Waals surface area contributed by atoms with Crippen LogP contribution in [-0.4, -0.2) is 27.3 Å². The Balaban J connectivity index is 3.29. The van der Waals surface area contributed by atoms with Crippen molar-refractivity contribution in [3.63, 3.8) is 0 Å². The smallest absolute Gasteiger partial charge is 0.321 e. The summed E-state index contributed by atoms with van der Waals surface area (Å²) in [6.07, 6.45) is -0.137. The fourth-order valence-electron chi connectivity index (χ4n) is 2.07. The number of aromatic hydroxyl groups is 1. The van der Waals surface area contributed by atoms with Crippen molar-refractivity contribution in [2.45, 2.75) is 27.2 Å². The number of aliphatic carboxylic acids is 2. The topological polar surface area (TPSA) is 94.8 Å². The summed E-state index contributed by atoms with van der Waals surface area (Å²) in [6, 6.07) is 5.88. The van der Waals surface area contributed by atoms with Gasteiger partial charge in [-0.2, -0.15) is 0 Å². The summed E-state index contributed by atoms with van der Waals surface area (Å²) in [7, 11) is 0.